The van der Waals surface area contributed by atoms with Crippen LogP contribution in [0.3, 0.4) is 0 Å². The zero-order chi connectivity index (χ0) is 15.8. The number of thioether (sulfide) groups is 1. The normalized spacial score (nSPS) is 19.1. The molecule has 122 valence electrons. The number of halogens is 1. The highest BCUT2D eigenvalue weighted by molar-refractivity contribution is 7.98. The fourth-order valence-electron chi connectivity index (χ4n) is 2.73. The van der Waals surface area contributed by atoms with Crippen LogP contribution in [0.2, 0.25) is 5.02 Å². The summed E-state index contributed by atoms with van der Waals surface area (Å²) < 4.78 is 0. The van der Waals surface area contributed by atoms with Crippen molar-refractivity contribution in [2.24, 2.45) is 5.92 Å². The van der Waals surface area contributed by atoms with E-state index in [2.05, 4.69) is 23.3 Å². The van der Waals surface area contributed by atoms with E-state index < -0.39 is 0 Å². The minimum Gasteiger partial charge on any atom is -0.356 e. The fraction of sp³-hybridized carbons (Fsp3) is 0.588. The van der Waals surface area contributed by atoms with E-state index in [0.717, 1.165) is 55.4 Å². The molecule has 1 heterocycles. The number of likely N-dealkylation sites (tertiary alicyclic amines) is 1. The van der Waals surface area contributed by atoms with Gasteiger partial charge in [-0.05, 0) is 56.3 Å². The van der Waals surface area contributed by atoms with E-state index >= 15 is 0 Å². The maximum absolute atomic E-state index is 12.1. The second-order valence-electron chi connectivity index (χ2n) is 5.93. The quantitative estimate of drug-likeness (QED) is 0.772. The first-order chi connectivity index (χ1) is 10.6. The molecule has 1 N–H and O–H groups in total. The number of carbonyl (C=O) groups excluding carboxylic acids is 1. The van der Waals surface area contributed by atoms with Crippen LogP contribution in [-0.2, 0) is 10.5 Å². The number of nitrogens with one attached hydrogen (secondary N) is 1. The molecule has 0 radical (unpaired) electrons. The number of piperidine rings is 1. The van der Waals surface area contributed by atoms with Gasteiger partial charge in [-0.3, -0.25) is 4.79 Å². The van der Waals surface area contributed by atoms with E-state index in [1.807, 2.05) is 30.0 Å². The van der Waals surface area contributed by atoms with E-state index in [1.165, 1.54) is 5.56 Å². The summed E-state index contributed by atoms with van der Waals surface area (Å²) in [7, 11) is 2.09. The largest absolute Gasteiger partial charge is 0.356 e. The zero-order valence-electron chi connectivity index (χ0n) is 13.2. The summed E-state index contributed by atoms with van der Waals surface area (Å²) in [6.07, 6.45) is 3.17. The smallest absolute Gasteiger partial charge is 0.224 e. The topological polar surface area (TPSA) is 32.3 Å². The SMILES string of the molecule is CN1CCCC(C(=O)NCCCSCc2cccc(Cl)c2)C1. The van der Waals surface area contributed by atoms with Crippen LogP contribution in [0.25, 0.3) is 0 Å². The molecule has 2 rings (SSSR count). The number of rotatable bonds is 7. The standard InChI is InChI=1S/C17H25ClN2OS/c1-20-9-3-6-15(12-20)17(21)19-8-4-10-22-13-14-5-2-7-16(18)11-14/h2,5,7,11,15H,3-4,6,8-10,12-13H2,1H3,(H,19,21). The lowest BCUT2D eigenvalue weighted by atomic mass is 9.98. The van der Waals surface area contributed by atoms with Gasteiger partial charge in [-0.25, -0.2) is 0 Å². The molecule has 1 unspecified atom stereocenters. The Kier molecular flexibility index (Phi) is 7.56. The monoisotopic (exact) mass is 340 g/mol. The van der Waals surface area contributed by atoms with E-state index in [9.17, 15) is 4.79 Å². The highest BCUT2D eigenvalue weighted by Gasteiger charge is 2.23. The van der Waals surface area contributed by atoms with Crippen LogP contribution in [0.15, 0.2) is 24.3 Å². The zero-order valence-corrected chi connectivity index (χ0v) is 14.8. The number of carbonyl (C=O) groups is 1. The predicted octanol–water partition coefficient (Wildman–Crippen LogP) is 3.42. The molecule has 1 aromatic carbocycles. The molecule has 5 heteroatoms. The van der Waals surface area contributed by atoms with Crippen molar-refractivity contribution in [3.8, 4) is 0 Å². The van der Waals surface area contributed by atoms with Gasteiger partial charge in [0.05, 0.1) is 5.92 Å². The van der Waals surface area contributed by atoms with Crippen molar-refractivity contribution in [3.05, 3.63) is 34.9 Å². The Hall–Kier alpha value is -0.710. The molecule has 0 spiro atoms. The molecule has 0 aromatic heterocycles. The second kappa shape index (κ2) is 9.43. The van der Waals surface area contributed by atoms with Crippen LogP contribution in [-0.4, -0.2) is 43.2 Å². The Labute approximate surface area is 142 Å². The fourth-order valence-corrected chi connectivity index (χ4v) is 3.85. The Morgan fingerprint density at radius 1 is 1.50 bits per heavy atom. The summed E-state index contributed by atoms with van der Waals surface area (Å²) in [5, 5.41) is 3.87. The second-order valence-corrected chi connectivity index (χ2v) is 7.47. The van der Waals surface area contributed by atoms with Crippen molar-refractivity contribution in [1.29, 1.82) is 0 Å². The maximum Gasteiger partial charge on any atom is 0.224 e. The van der Waals surface area contributed by atoms with Gasteiger partial charge < -0.3 is 10.2 Å². The molecule has 0 aliphatic carbocycles. The molecular weight excluding hydrogens is 316 g/mol. The first-order valence-electron chi connectivity index (χ1n) is 7.93. The van der Waals surface area contributed by atoms with E-state index in [1.54, 1.807) is 0 Å². The minimum atomic E-state index is 0.179. The highest BCUT2D eigenvalue weighted by atomic mass is 35.5. The Morgan fingerprint density at radius 3 is 3.14 bits per heavy atom. The summed E-state index contributed by atoms with van der Waals surface area (Å²) in [5.74, 6) is 2.43. The lowest BCUT2D eigenvalue weighted by Crippen LogP contribution is -2.41. The summed E-state index contributed by atoms with van der Waals surface area (Å²) in [6, 6.07) is 7.99. The molecule has 1 fully saturated rings. The van der Waals surface area contributed by atoms with Crippen molar-refractivity contribution >= 4 is 29.3 Å². The first-order valence-corrected chi connectivity index (χ1v) is 9.47. The molecule has 3 nitrogen and oxygen atoms in total. The van der Waals surface area contributed by atoms with Gasteiger partial charge in [0.25, 0.3) is 0 Å². The number of hydrogen-bond acceptors (Lipinski definition) is 3. The van der Waals surface area contributed by atoms with Gasteiger partial charge in [0, 0.05) is 23.9 Å². The molecule has 1 saturated heterocycles. The van der Waals surface area contributed by atoms with Gasteiger partial charge in [-0.15, -0.1) is 0 Å². The van der Waals surface area contributed by atoms with Gasteiger partial charge in [-0.2, -0.15) is 11.8 Å². The molecule has 1 aromatic rings. The van der Waals surface area contributed by atoms with Crippen molar-refractivity contribution in [1.82, 2.24) is 10.2 Å². The van der Waals surface area contributed by atoms with Gasteiger partial charge in [0.15, 0.2) is 0 Å². The van der Waals surface area contributed by atoms with Crippen molar-refractivity contribution in [2.75, 3.05) is 32.4 Å². The number of nitrogens with zero attached hydrogens (tertiary/aromatic N) is 1. The van der Waals surface area contributed by atoms with Crippen molar-refractivity contribution < 1.29 is 4.79 Å². The molecule has 1 aliphatic heterocycles. The van der Waals surface area contributed by atoms with Crippen LogP contribution in [0.5, 0.6) is 0 Å². The van der Waals surface area contributed by atoms with Crippen molar-refractivity contribution in [2.45, 2.75) is 25.0 Å². The third kappa shape index (κ3) is 6.19. The summed E-state index contributed by atoms with van der Waals surface area (Å²) in [5.41, 5.74) is 1.26. The van der Waals surface area contributed by atoms with Crippen LogP contribution in [0.4, 0.5) is 0 Å². The van der Waals surface area contributed by atoms with Crippen LogP contribution in [0, 0.1) is 5.92 Å². The van der Waals surface area contributed by atoms with Crippen LogP contribution >= 0.6 is 23.4 Å². The molecule has 1 amide bonds. The van der Waals surface area contributed by atoms with E-state index in [0.29, 0.717) is 0 Å². The molecule has 0 saturated carbocycles. The molecular formula is C17H25ClN2OS. The average molecular weight is 341 g/mol. The van der Waals surface area contributed by atoms with Crippen molar-refractivity contribution in [3.63, 3.8) is 0 Å². The Morgan fingerprint density at radius 2 is 2.36 bits per heavy atom. The summed E-state index contributed by atoms with van der Waals surface area (Å²) in [4.78, 5) is 14.3. The van der Waals surface area contributed by atoms with E-state index in [4.69, 9.17) is 11.6 Å². The third-order valence-electron chi connectivity index (χ3n) is 3.92. The highest BCUT2D eigenvalue weighted by Crippen LogP contribution is 2.17. The van der Waals surface area contributed by atoms with Gasteiger partial charge >= 0.3 is 0 Å². The first kappa shape index (κ1) is 17.6. The molecule has 1 atom stereocenters. The third-order valence-corrected chi connectivity index (χ3v) is 5.27. The number of amides is 1. The maximum atomic E-state index is 12.1. The Bertz CT molecular complexity index is 483. The van der Waals surface area contributed by atoms with Crippen LogP contribution < -0.4 is 5.32 Å². The molecule has 1 aliphatic rings. The van der Waals surface area contributed by atoms with Gasteiger partial charge in [0.2, 0.25) is 5.91 Å². The summed E-state index contributed by atoms with van der Waals surface area (Å²) >= 11 is 7.85. The number of benzene rings is 1. The molecule has 22 heavy (non-hydrogen) atoms. The van der Waals surface area contributed by atoms with E-state index in [-0.39, 0.29) is 11.8 Å². The Balaban J connectivity index is 1.54. The van der Waals surface area contributed by atoms with Crippen LogP contribution in [0.1, 0.15) is 24.8 Å². The minimum absolute atomic E-state index is 0.179. The van der Waals surface area contributed by atoms with Gasteiger partial charge in [-0.1, -0.05) is 23.7 Å². The average Bonchev–Trinajstić information content (AvgIpc) is 2.50. The van der Waals surface area contributed by atoms with Gasteiger partial charge in [0.1, 0.15) is 0 Å². The molecule has 0 bridgehead atoms. The number of hydrogen-bond donors (Lipinski definition) is 1. The lowest BCUT2D eigenvalue weighted by molar-refractivity contribution is -0.126. The lowest BCUT2D eigenvalue weighted by Gasteiger charge is -2.28. The predicted molar refractivity (Wildman–Crippen MR) is 95.5 cm³/mol. The summed E-state index contributed by atoms with van der Waals surface area (Å²) in [6.45, 7) is 2.79.